The zero-order valence-corrected chi connectivity index (χ0v) is 15.6. The van der Waals surface area contributed by atoms with E-state index < -0.39 is 17.9 Å². The van der Waals surface area contributed by atoms with Gasteiger partial charge >= 0.3 is 0 Å². The van der Waals surface area contributed by atoms with Gasteiger partial charge in [0.1, 0.15) is 11.5 Å². The summed E-state index contributed by atoms with van der Waals surface area (Å²) < 4.78 is 27.5. The number of fused-ring (bicyclic) bond motifs is 1. The lowest BCUT2D eigenvalue weighted by molar-refractivity contribution is -0.117. The van der Waals surface area contributed by atoms with E-state index >= 15 is 0 Å². The first-order valence-corrected chi connectivity index (χ1v) is 9.48. The molecule has 150 valence electrons. The number of alkyl halides is 2. The number of aromatic nitrogens is 3. The van der Waals surface area contributed by atoms with Crippen molar-refractivity contribution in [2.75, 3.05) is 0 Å². The number of hydrogen-bond donors (Lipinski definition) is 2. The van der Waals surface area contributed by atoms with E-state index in [9.17, 15) is 18.4 Å². The summed E-state index contributed by atoms with van der Waals surface area (Å²) in [7, 11) is 0. The Balaban J connectivity index is 1.40. The second-order valence-electron chi connectivity index (χ2n) is 7.41. The number of halogens is 2. The van der Waals surface area contributed by atoms with Gasteiger partial charge in [0, 0.05) is 30.8 Å². The number of ketones is 1. The lowest BCUT2D eigenvalue weighted by Gasteiger charge is -2.20. The van der Waals surface area contributed by atoms with E-state index in [1.54, 1.807) is 12.3 Å². The molecule has 2 heterocycles. The van der Waals surface area contributed by atoms with Crippen molar-refractivity contribution in [1.29, 1.82) is 0 Å². The van der Waals surface area contributed by atoms with Crippen molar-refractivity contribution in [1.82, 2.24) is 20.5 Å². The van der Waals surface area contributed by atoms with Crippen molar-refractivity contribution < 1.29 is 18.4 Å². The molecule has 2 aromatic heterocycles. The third-order valence-electron chi connectivity index (χ3n) is 5.18. The molecule has 29 heavy (non-hydrogen) atoms. The number of nitrogens with one attached hydrogen (secondary N) is 2. The maximum atomic E-state index is 13.7. The lowest BCUT2D eigenvalue weighted by atomic mass is 10.0. The highest BCUT2D eigenvalue weighted by Gasteiger charge is 2.44. The molecule has 1 aromatic carbocycles. The molecule has 1 aliphatic carbocycles. The number of rotatable bonds is 6. The SMILES string of the molecule is O=C(Cc1ccnc(C(=O)NC2CCCC2(F)F)c1)Cc1ccc2cn[nH]c2c1. The first-order chi connectivity index (χ1) is 13.9. The van der Waals surface area contributed by atoms with E-state index in [0.717, 1.165) is 16.5 Å². The highest BCUT2D eigenvalue weighted by atomic mass is 19.3. The van der Waals surface area contributed by atoms with Crippen LogP contribution in [0.1, 0.15) is 40.9 Å². The molecule has 1 fully saturated rings. The fourth-order valence-electron chi connectivity index (χ4n) is 3.66. The third kappa shape index (κ3) is 4.31. The zero-order valence-electron chi connectivity index (χ0n) is 15.6. The van der Waals surface area contributed by atoms with E-state index in [1.165, 1.54) is 12.3 Å². The fourth-order valence-corrected chi connectivity index (χ4v) is 3.66. The molecular formula is C21H20F2N4O2. The van der Waals surface area contributed by atoms with Crippen LogP contribution in [-0.2, 0) is 17.6 Å². The number of amides is 1. The van der Waals surface area contributed by atoms with E-state index in [-0.39, 0.29) is 37.2 Å². The van der Waals surface area contributed by atoms with Gasteiger partial charge < -0.3 is 5.32 Å². The summed E-state index contributed by atoms with van der Waals surface area (Å²) in [6, 6.07) is 7.63. The van der Waals surface area contributed by atoms with Crippen molar-refractivity contribution >= 4 is 22.6 Å². The largest absolute Gasteiger partial charge is 0.342 e. The van der Waals surface area contributed by atoms with Gasteiger partial charge in [-0.05, 0) is 42.2 Å². The Morgan fingerprint density at radius 2 is 1.97 bits per heavy atom. The minimum absolute atomic E-state index is 0.0243. The van der Waals surface area contributed by atoms with Gasteiger partial charge in [0.05, 0.1) is 17.8 Å². The predicted molar refractivity (Wildman–Crippen MR) is 103 cm³/mol. The van der Waals surface area contributed by atoms with Crippen molar-refractivity contribution in [3.63, 3.8) is 0 Å². The van der Waals surface area contributed by atoms with E-state index in [1.807, 2.05) is 18.2 Å². The molecule has 2 N–H and O–H groups in total. The highest BCUT2D eigenvalue weighted by molar-refractivity contribution is 5.93. The molecule has 0 bridgehead atoms. The van der Waals surface area contributed by atoms with Crippen molar-refractivity contribution in [2.45, 2.75) is 44.1 Å². The van der Waals surface area contributed by atoms with Crippen LogP contribution in [0.5, 0.6) is 0 Å². The molecular weight excluding hydrogens is 378 g/mol. The number of pyridine rings is 1. The van der Waals surface area contributed by atoms with Crippen LogP contribution in [0, 0.1) is 0 Å². The van der Waals surface area contributed by atoms with Crippen LogP contribution in [0.25, 0.3) is 10.9 Å². The molecule has 1 atom stereocenters. The fraction of sp³-hybridized carbons (Fsp3) is 0.333. The molecule has 0 spiro atoms. The zero-order chi connectivity index (χ0) is 20.4. The number of aromatic amines is 1. The van der Waals surface area contributed by atoms with Gasteiger partial charge in [-0.15, -0.1) is 0 Å². The first-order valence-electron chi connectivity index (χ1n) is 9.48. The summed E-state index contributed by atoms with van der Waals surface area (Å²) in [5.41, 5.74) is 2.39. The number of nitrogens with zero attached hydrogens (tertiary/aromatic N) is 2. The standard InChI is InChI=1S/C21H20F2N4O2/c22-21(23)6-1-2-19(21)26-20(29)18-11-14(5-7-24-18)9-16(28)8-13-3-4-15-12-25-27-17(15)10-13/h3-5,7,10-12,19H,1-2,6,8-9H2,(H,25,27)(H,26,29). The molecule has 6 nitrogen and oxygen atoms in total. The van der Waals surface area contributed by atoms with Gasteiger partial charge in [-0.2, -0.15) is 5.10 Å². The van der Waals surface area contributed by atoms with Crippen molar-refractivity contribution in [2.24, 2.45) is 0 Å². The smallest absolute Gasteiger partial charge is 0.270 e. The Kier molecular flexibility index (Phi) is 5.08. The molecule has 4 rings (SSSR count). The van der Waals surface area contributed by atoms with Gasteiger partial charge in [0.2, 0.25) is 0 Å². The topological polar surface area (TPSA) is 87.7 Å². The van der Waals surface area contributed by atoms with Crippen LogP contribution >= 0.6 is 0 Å². The van der Waals surface area contributed by atoms with Crippen LogP contribution in [0.4, 0.5) is 8.78 Å². The summed E-state index contributed by atoms with van der Waals surface area (Å²) in [4.78, 5) is 28.7. The van der Waals surface area contributed by atoms with Crippen LogP contribution in [0.3, 0.4) is 0 Å². The minimum atomic E-state index is -2.89. The molecule has 3 aromatic rings. The molecule has 0 saturated heterocycles. The van der Waals surface area contributed by atoms with E-state index in [0.29, 0.717) is 12.0 Å². The molecule has 8 heteroatoms. The average molecular weight is 398 g/mol. The summed E-state index contributed by atoms with van der Waals surface area (Å²) in [5, 5.41) is 10.2. The monoisotopic (exact) mass is 398 g/mol. The number of benzene rings is 1. The quantitative estimate of drug-likeness (QED) is 0.667. The van der Waals surface area contributed by atoms with Gasteiger partial charge in [-0.3, -0.25) is 19.7 Å². The number of carbonyl (C=O) groups excluding carboxylic acids is 2. The predicted octanol–water partition coefficient (Wildman–Crippen LogP) is 3.23. The third-order valence-corrected chi connectivity index (χ3v) is 5.18. The Bertz CT molecular complexity index is 1060. The van der Waals surface area contributed by atoms with Crippen LogP contribution in [0.2, 0.25) is 0 Å². The van der Waals surface area contributed by atoms with Crippen molar-refractivity contribution in [3.8, 4) is 0 Å². The van der Waals surface area contributed by atoms with E-state index in [2.05, 4.69) is 20.5 Å². The molecule has 0 radical (unpaired) electrons. The Morgan fingerprint density at radius 1 is 1.17 bits per heavy atom. The normalized spacial score (nSPS) is 18.1. The Morgan fingerprint density at radius 3 is 2.72 bits per heavy atom. The summed E-state index contributed by atoms with van der Waals surface area (Å²) >= 11 is 0. The summed E-state index contributed by atoms with van der Waals surface area (Å²) in [5.74, 6) is -3.56. The number of carbonyl (C=O) groups is 2. The number of hydrogen-bond acceptors (Lipinski definition) is 4. The summed E-state index contributed by atoms with van der Waals surface area (Å²) in [6.45, 7) is 0. The highest BCUT2D eigenvalue weighted by Crippen LogP contribution is 2.35. The Labute approximate surface area is 165 Å². The Hall–Kier alpha value is -3.16. The number of Topliss-reactive ketones (excluding diaryl/α,β-unsaturated/α-hetero) is 1. The van der Waals surface area contributed by atoms with Gasteiger partial charge in [-0.25, -0.2) is 8.78 Å². The maximum Gasteiger partial charge on any atom is 0.270 e. The summed E-state index contributed by atoms with van der Waals surface area (Å²) in [6.07, 6.45) is 3.91. The lowest BCUT2D eigenvalue weighted by Crippen LogP contribution is -2.44. The second-order valence-corrected chi connectivity index (χ2v) is 7.41. The molecule has 1 saturated carbocycles. The van der Waals surface area contributed by atoms with Gasteiger partial charge in [0.25, 0.3) is 11.8 Å². The molecule has 1 aliphatic rings. The molecule has 1 amide bonds. The number of H-pyrrole nitrogens is 1. The van der Waals surface area contributed by atoms with Crippen LogP contribution in [-0.4, -0.2) is 38.8 Å². The minimum Gasteiger partial charge on any atom is -0.342 e. The average Bonchev–Trinajstić information content (AvgIpc) is 3.27. The first kappa shape index (κ1) is 19.2. The molecule has 0 aliphatic heterocycles. The van der Waals surface area contributed by atoms with Gasteiger partial charge in [-0.1, -0.05) is 12.1 Å². The van der Waals surface area contributed by atoms with Crippen molar-refractivity contribution in [3.05, 3.63) is 59.5 Å². The molecule has 1 unspecified atom stereocenters. The van der Waals surface area contributed by atoms with Crippen LogP contribution in [0.15, 0.2) is 42.7 Å². The van der Waals surface area contributed by atoms with E-state index in [4.69, 9.17) is 0 Å². The maximum absolute atomic E-state index is 13.7. The van der Waals surface area contributed by atoms with Gasteiger partial charge in [0.15, 0.2) is 0 Å². The second kappa shape index (κ2) is 7.69. The van der Waals surface area contributed by atoms with Crippen LogP contribution < -0.4 is 5.32 Å².